The lowest BCUT2D eigenvalue weighted by Gasteiger charge is -2.10. The largest absolute Gasteiger partial charge is 0.492 e. The van der Waals surface area contributed by atoms with Gasteiger partial charge in [-0.05, 0) is 37.4 Å². The molecule has 1 saturated carbocycles. The van der Waals surface area contributed by atoms with E-state index in [2.05, 4.69) is 0 Å². The molecule has 1 fully saturated rings. The van der Waals surface area contributed by atoms with E-state index in [1.165, 1.54) is 12.8 Å². The molecule has 0 aliphatic heterocycles. The van der Waals surface area contributed by atoms with Crippen molar-refractivity contribution >= 4 is 17.4 Å². The van der Waals surface area contributed by atoms with Gasteiger partial charge in [0.15, 0.2) is 5.78 Å². The van der Waals surface area contributed by atoms with Crippen molar-refractivity contribution in [2.75, 3.05) is 13.2 Å². The monoisotopic (exact) mass is 253 g/mol. The Balaban J connectivity index is 2.10. The predicted octanol–water partition coefficient (Wildman–Crippen LogP) is 2.66. The average molecular weight is 254 g/mol. The third-order valence-corrected chi connectivity index (χ3v) is 3.20. The lowest BCUT2D eigenvalue weighted by Crippen LogP contribution is -2.09. The van der Waals surface area contributed by atoms with Gasteiger partial charge < -0.3 is 10.5 Å². The molecule has 0 amide bonds. The van der Waals surface area contributed by atoms with E-state index in [1.807, 2.05) is 0 Å². The van der Waals surface area contributed by atoms with Gasteiger partial charge >= 0.3 is 0 Å². The number of Topliss-reactive ketones (excluding diaryl/α,β-unsaturated/α-hetero) is 1. The summed E-state index contributed by atoms with van der Waals surface area (Å²) >= 11 is 6.16. The van der Waals surface area contributed by atoms with Crippen LogP contribution in [-0.4, -0.2) is 18.9 Å². The van der Waals surface area contributed by atoms with Gasteiger partial charge in [-0.15, -0.1) is 0 Å². The second-order valence-corrected chi connectivity index (χ2v) is 4.71. The number of ether oxygens (including phenoxy) is 1. The Labute approximate surface area is 106 Å². The third-order valence-electron chi connectivity index (χ3n) is 2.81. The third kappa shape index (κ3) is 3.20. The summed E-state index contributed by atoms with van der Waals surface area (Å²) in [7, 11) is 0. The second-order valence-electron chi connectivity index (χ2n) is 4.33. The number of carbonyl (C=O) groups excluding carboxylic acids is 1. The number of carbonyl (C=O) groups is 1. The number of rotatable bonds is 6. The summed E-state index contributed by atoms with van der Waals surface area (Å²) in [5.41, 5.74) is 5.87. The Kier molecular flexibility index (Phi) is 4.02. The van der Waals surface area contributed by atoms with Gasteiger partial charge in [0.25, 0.3) is 0 Å². The molecule has 1 aromatic rings. The number of hydrogen-bond acceptors (Lipinski definition) is 3. The molecule has 0 heterocycles. The number of halogens is 1. The quantitative estimate of drug-likeness (QED) is 0.793. The van der Waals surface area contributed by atoms with E-state index in [9.17, 15) is 4.79 Å². The van der Waals surface area contributed by atoms with Crippen LogP contribution < -0.4 is 10.5 Å². The molecular formula is C13H16ClNO2. The molecule has 1 aliphatic rings. The molecule has 0 spiro atoms. The van der Waals surface area contributed by atoms with Crippen LogP contribution in [0.2, 0.25) is 5.02 Å². The van der Waals surface area contributed by atoms with E-state index >= 15 is 0 Å². The molecule has 0 unspecified atom stereocenters. The fourth-order valence-corrected chi connectivity index (χ4v) is 1.88. The van der Waals surface area contributed by atoms with Crippen molar-refractivity contribution in [3.8, 4) is 5.75 Å². The molecule has 1 aromatic carbocycles. The van der Waals surface area contributed by atoms with E-state index in [0.717, 1.165) is 0 Å². The van der Waals surface area contributed by atoms with Gasteiger partial charge in [0.2, 0.25) is 0 Å². The SMILES string of the molecule is NCCC(=O)c1cccc(OCC2CC2)c1Cl. The van der Waals surface area contributed by atoms with Gasteiger partial charge in [0, 0.05) is 12.0 Å². The summed E-state index contributed by atoms with van der Waals surface area (Å²) in [6.07, 6.45) is 2.76. The Morgan fingerprint density at radius 3 is 2.88 bits per heavy atom. The highest BCUT2D eigenvalue weighted by Gasteiger charge is 2.23. The molecule has 0 saturated heterocycles. The summed E-state index contributed by atoms with van der Waals surface area (Å²) < 4.78 is 5.61. The maximum absolute atomic E-state index is 11.7. The van der Waals surface area contributed by atoms with Crippen LogP contribution in [0.1, 0.15) is 29.6 Å². The number of benzene rings is 1. The topological polar surface area (TPSA) is 52.3 Å². The lowest BCUT2D eigenvalue weighted by molar-refractivity contribution is 0.0985. The predicted molar refractivity (Wildman–Crippen MR) is 67.7 cm³/mol. The number of ketones is 1. The minimum Gasteiger partial charge on any atom is -0.492 e. The normalized spacial score (nSPS) is 14.7. The highest BCUT2D eigenvalue weighted by molar-refractivity contribution is 6.35. The van der Waals surface area contributed by atoms with E-state index in [0.29, 0.717) is 41.8 Å². The Hall–Kier alpha value is -1.06. The van der Waals surface area contributed by atoms with Crippen LogP contribution in [0.4, 0.5) is 0 Å². The molecule has 3 nitrogen and oxygen atoms in total. The van der Waals surface area contributed by atoms with Crippen LogP contribution in [0.25, 0.3) is 0 Å². The first-order valence-electron chi connectivity index (χ1n) is 5.87. The molecule has 92 valence electrons. The summed E-state index contributed by atoms with van der Waals surface area (Å²) in [6.45, 7) is 1.02. The van der Waals surface area contributed by atoms with E-state index in [1.54, 1.807) is 18.2 Å². The van der Waals surface area contributed by atoms with Crippen molar-refractivity contribution in [2.24, 2.45) is 11.7 Å². The van der Waals surface area contributed by atoms with E-state index in [-0.39, 0.29) is 5.78 Å². The zero-order valence-corrected chi connectivity index (χ0v) is 10.4. The first-order chi connectivity index (χ1) is 8.22. The smallest absolute Gasteiger partial charge is 0.165 e. The van der Waals surface area contributed by atoms with Gasteiger partial charge in [-0.25, -0.2) is 0 Å². The molecule has 1 aliphatic carbocycles. The average Bonchev–Trinajstić information content (AvgIpc) is 3.12. The minimum atomic E-state index is -0.0330. The van der Waals surface area contributed by atoms with Crippen molar-refractivity contribution in [2.45, 2.75) is 19.3 Å². The molecule has 2 rings (SSSR count). The maximum Gasteiger partial charge on any atom is 0.165 e. The highest BCUT2D eigenvalue weighted by atomic mass is 35.5. The Morgan fingerprint density at radius 1 is 1.47 bits per heavy atom. The molecule has 2 N–H and O–H groups in total. The molecule has 17 heavy (non-hydrogen) atoms. The van der Waals surface area contributed by atoms with Gasteiger partial charge in [0.1, 0.15) is 5.75 Å². The van der Waals surface area contributed by atoms with Crippen molar-refractivity contribution in [3.05, 3.63) is 28.8 Å². The summed E-state index contributed by atoms with van der Waals surface area (Å²) in [4.78, 5) is 11.7. The molecule has 0 atom stereocenters. The summed E-state index contributed by atoms with van der Waals surface area (Å²) in [5.74, 6) is 1.23. The molecule has 0 radical (unpaired) electrons. The molecular weight excluding hydrogens is 238 g/mol. The Morgan fingerprint density at radius 2 is 2.24 bits per heavy atom. The fraction of sp³-hybridized carbons (Fsp3) is 0.462. The van der Waals surface area contributed by atoms with Crippen LogP contribution in [0, 0.1) is 5.92 Å². The standard InChI is InChI=1S/C13H16ClNO2/c14-13-10(11(16)6-7-15)2-1-3-12(13)17-8-9-4-5-9/h1-3,9H,4-8,15H2. The highest BCUT2D eigenvalue weighted by Crippen LogP contribution is 2.33. The maximum atomic E-state index is 11.7. The fourth-order valence-electron chi connectivity index (χ4n) is 1.60. The van der Waals surface area contributed by atoms with Crippen molar-refractivity contribution in [1.29, 1.82) is 0 Å². The second kappa shape index (κ2) is 5.52. The lowest BCUT2D eigenvalue weighted by atomic mass is 10.1. The van der Waals surface area contributed by atoms with Crippen LogP contribution >= 0.6 is 11.6 Å². The first-order valence-corrected chi connectivity index (χ1v) is 6.24. The van der Waals surface area contributed by atoms with E-state index in [4.69, 9.17) is 22.1 Å². The van der Waals surface area contributed by atoms with Crippen LogP contribution in [0.5, 0.6) is 5.75 Å². The van der Waals surface area contributed by atoms with Crippen molar-refractivity contribution in [3.63, 3.8) is 0 Å². The van der Waals surface area contributed by atoms with E-state index < -0.39 is 0 Å². The van der Waals surface area contributed by atoms with Crippen LogP contribution in [-0.2, 0) is 0 Å². The minimum absolute atomic E-state index is 0.0330. The molecule has 4 heteroatoms. The molecule has 0 bridgehead atoms. The van der Waals surface area contributed by atoms with Gasteiger partial charge in [-0.1, -0.05) is 17.7 Å². The summed E-state index contributed by atoms with van der Waals surface area (Å²) in [6, 6.07) is 5.30. The van der Waals surface area contributed by atoms with Gasteiger partial charge in [0.05, 0.1) is 11.6 Å². The first kappa shape index (κ1) is 12.4. The number of nitrogens with two attached hydrogens (primary N) is 1. The van der Waals surface area contributed by atoms with Crippen LogP contribution in [0.15, 0.2) is 18.2 Å². The molecule has 0 aromatic heterocycles. The van der Waals surface area contributed by atoms with Gasteiger partial charge in [-0.2, -0.15) is 0 Å². The van der Waals surface area contributed by atoms with Gasteiger partial charge in [-0.3, -0.25) is 4.79 Å². The van der Waals surface area contributed by atoms with Crippen LogP contribution in [0.3, 0.4) is 0 Å². The zero-order chi connectivity index (χ0) is 12.3. The summed E-state index contributed by atoms with van der Waals surface area (Å²) in [5, 5.41) is 0.409. The Bertz CT molecular complexity index is 416. The van der Waals surface area contributed by atoms with Crippen molar-refractivity contribution in [1.82, 2.24) is 0 Å². The number of hydrogen-bond donors (Lipinski definition) is 1. The van der Waals surface area contributed by atoms with Crippen molar-refractivity contribution < 1.29 is 9.53 Å². The zero-order valence-electron chi connectivity index (χ0n) is 9.62.